The fraction of sp³-hybridized carbons (Fsp3) is 0.500. The summed E-state index contributed by atoms with van der Waals surface area (Å²) in [4.78, 5) is 32.8. The molecule has 1 aromatic carbocycles. The Labute approximate surface area is 172 Å². The Bertz CT molecular complexity index is 748. The summed E-state index contributed by atoms with van der Waals surface area (Å²) in [5, 5.41) is 2.65. The molecular formula is C20H31N2O4PS. The Hall–Kier alpha value is -1.40. The Kier molecular flexibility index (Phi) is 9.64. The maximum Gasteiger partial charge on any atom is 0.327 e. The first-order chi connectivity index (χ1) is 13.0. The molecule has 1 aromatic rings. The van der Waals surface area contributed by atoms with Crippen LogP contribution in [0.2, 0.25) is 0 Å². The molecule has 8 heteroatoms. The van der Waals surface area contributed by atoms with Crippen molar-refractivity contribution in [2.24, 2.45) is 4.99 Å². The minimum absolute atomic E-state index is 0.238. The van der Waals surface area contributed by atoms with Gasteiger partial charge in [0.15, 0.2) is 0 Å². The lowest BCUT2D eigenvalue weighted by atomic mass is 9.87. The molecule has 6 nitrogen and oxygen atoms in total. The summed E-state index contributed by atoms with van der Waals surface area (Å²) in [5.41, 5.74) is 2.76. The highest BCUT2D eigenvalue weighted by Gasteiger charge is 2.34. The standard InChI is InChI=1S/C12H17N.C8H14NO4PS/c1-12(2,3)11-7-5-10(6-8-11)9-13-4;1-2-3-4-7-9-8(10)6(15-7)5-14(11,12)13/h5-9H,1-4H3;4,6H,2-3,5H2,1H3,(H,9,10)(H2,11,12,13)/b;7-4-. The third kappa shape index (κ3) is 9.20. The van der Waals surface area contributed by atoms with Gasteiger partial charge >= 0.3 is 7.60 Å². The second-order valence-electron chi connectivity index (χ2n) is 7.56. The summed E-state index contributed by atoms with van der Waals surface area (Å²) in [5.74, 6) is -0.314. The number of aliphatic imine (C=N–C) groups is 1. The molecule has 0 aromatic heterocycles. The largest absolute Gasteiger partial charge is 0.327 e. The molecule has 1 aliphatic rings. The number of hydrogen-bond acceptors (Lipinski definition) is 4. The van der Waals surface area contributed by atoms with Crippen LogP contribution >= 0.6 is 19.4 Å². The number of nitrogens with one attached hydrogen (secondary N) is 1. The highest BCUT2D eigenvalue weighted by atomic mass is 32.2. The van der Waals surface area contributed by atoms with Gasteiger partial charge < -0.3 is 15.1 Å². The molecule has 0 bridgehead atoms. The van der Waals surface area contributed by atoms with Gasteiger partial charge in [-0.2, -0.15) is 0 Å². The average Bonchev–Trinajstić information content (AvgIpc) is 2.91. The molecule has 2 rings (SSSR count). The van der Waals surface area contributed by atoms with Crippen LogP contribution < -0.4 is 5.32 Å². The van der Waals surface area contributed by atoms with Gasteiger partial charge in [-0.3, -0.25) is 14.4 Å². The third-order valence-corrected chi connectivity index (χ3v) is 6.16. The van der Waals surface area contributed by atoms with Crippen LogP contribution in [0.15, 0.2) is 40.4 Å². The number of carbonyl (C=O) groups is 1. The maximum atomic E-state index is 11.3. The lowest BCUT2D eigenvalue weighted by Gasteiger charge is -2.18. The lowest BCUT2D eigenvalue weighted by molar-refractivity contribution is -0.119. The second-order valence-corrected chi connectivity index (χ2v) is 10.5. The molecule has 1 amide bonds. The number of thioether (sulfide) groups is 1. The van der Waals surface area contributed by atoms with E-state index in [1.54, 1.807) is 7.05 Å². The zero-order chi connectivity index (χ0) is 21.4. The molecule has 1 saturated heterocycles. The van der Waals surface area contributed by atoms with Crippen molar-refractivity contribution in [1.82, 2.24) is 5.32 Å². The highest BCUT2D eigenvalue weighted by molar-refractivity contribution is 8.05. The molecule has 1 heterocycles. The fourth-order valence-electron chi connectivity index (χ4n) is 2.37. The summed E-state index contributed by atoms with van der Waals surface area (Å²) >= 11 is 1.19. The van der Waals surface area contributed by atoms with Crippen LogP contribution in [-0.4, -0.2) is 40.4 Å². The van der Waals surface area contributed by atoms with Crippen molar-refractivity contribution in [2.75, 3.05) is 13.2 Å². The van der Waals surface area contributed by atoms with Crippen molar-refractivity contribution in [1.29, 1.82) is 0 Å². The zero-order valence-corrected chi connectivity index (χ0v) is 18.9. The second kappa shape index (κ2) is 11.0. The SMILES string of the molecule is CCC/C=C1/NC(=O)C(CP(=O)(O)O)S1.CN=Cc1ccc(C(C)(C)C)cc1. The van der Waals surface area contributed by atoms with Gasteiger partial charge in [-0.25, -0.2) is 0 Å². The van der Waals surface area contributed by atoms with Gasteiger partial charge in [0, 0.05) is 13.3 Å². The first-order valence-corrected chi connectivity index (χ1v) is 11.9. The molecule has 0 aliphatic carbocycles. The van der Waals surface area contributed by atoms with Crippen molar-refractivity contribution in [3.05, 3.63) is 46.5 Å². The van der Waals surface area contributed by atoms with E-state index in [1.807, 2.05) is 19.2 Å². The molecule has 0 spiro atoms. The maximum absolute atomic E-state index is 11.3. The van der Waals surface area contributed by atoms with E-state index in [0.717, 1.165) is 18.4 Å². The first-order valence-electron chi connectivity index (χ1n) is 9.21. The number of nitrogens with zero attached hydrogens (tertiary/aromatic N) is 1. The Morgan fingerprint density at radius 1 is 1.25 bits per heavy atom. The van der Waals surface area contributed by atoms with E-state index in [9.17, 15) is 9.36 Å². The molecule has 156 valence electrons. The predicted octanol–water partition coefficient (Wildman–Crippen LogP) is 4.07. The van der Waals surface area contributed by atoms with Crippen LogP contribution in [0.4, 0.5) is 0 Å². The van der Waals surface area contributed by atoms with E-state index in [4.69, 9.17) is 9.79 Å². The summed E-state index contributed by atoms with van der Waals surface area (Å²) in [6.07, 6.45) is 5.18. The topological polar surface area (TPSA) is 99.0 Å². The van der Waals surface area contributed by atoms with Crippen molar-refractivity contribution in [2.45, 2.75) is 51.2 Å². The van der Waals surface area contributed by atoms with Crippen LogP contribution in [0, 0.1) is 0 Å². The Morgan fingerprint density at radius 3 is 2.32 bits per heavy atom. The number of hydrogen-bond donors (Lipinski definition) is 3. The molecule has 1 aliphatic heterocycles. The quantitative estimate of drug-likeness (QED) is 0.487. The van der Waals surface area contributed by atoms with Crippen molar-refractivity contribution in [3.63, 3.8) is 0 Å². The molecule has 28 heavy (non-hydrogen) atoms. The molecule has 1 atom stereocenters. The monoisotopic (exact) mass is 426 g/mol. The third-order valence-electron chi connectivity index (χ3n) is 3.89. The van der Waals surface area contributed by atoms with Gasteiger partial charge in [0.2, 0.25) is 5.91 Å². The van der Waals surface area contributed by atoms with E-state index in [1.165, 1.54) is 17.3 Å². The molecule has 3 N–H and O–H groups in total. The number of rotatable bonds is 5. The minimum Gasteiger partial charge on any atom is -0.324 e. The molecular weight excluding hydrogens is 395 g/mol. The Balaban J connectivity index is 0.000000283. The van der Waals surface area contributed by atoms with Crippen LogP contribution in [0.25, 0.3) is 0 Å². The summed E-state index contributed by atoms with van der Waals surface area (Å²) in [6.45, 7) is 8.67. The fourth-order valence-corrected chi connectivity index (χ4v) is 4.69. The van der Waals surface area contributed by atoms with Crippen LogP contribution in [0.5, 0.6) is 0 Å². The summed E-state index contributed by atoms with van der Waals surface area (Å²) < 4.78 is 10.7. The van der Waals surface area contributed by atoms with Gasteiger partial charge in [0.25, 0.3) is 0 Å². The molecule has 1 unspecified atom stereocenters. The predicted molar refractivity (Wildman–Crippen MR) is 118 cm³/mol. The van der Waals surface area contributed by atoms with Gasteiger partial charge in [-0.05, 0) is 23.0 Å². The van der Waals surface area contributed by atoms with E-state index in [0.29, 0.717) is 5.03 Å². The van der Waals surface area contributed by atoms with E-state index in [-0.39, 0.29) is 11.3 Å². The van der Waals surface area contributed by atoms with E-state index >= 15 is 0 Å². The number of carbonyl (C=O) groups excluding carboxylic acids is 1. The number of allylic oxidation sites excluding steroid dienone is 1. The van der Waals surface area contributed by atoms with E-state index < -0.39 is 19.0 Å². The van der Waals surface area contributed by atoms with Crippen LogP contribution in [0.1, 0.15) is 51.7 Å². The smallest absolute Gasteiger partial charge is 0.324 e. The van der Waals surface area contributed by atoms with E-state index in [2.05, 4.69) is 55.3 Å². The molecule has 1 fully saturated rings. The zero-order valence-electron chi connectivity index (χ0n) is 17.2. The lowest BCUT2D eigenvalue weighted by Crippen LogP contribution is -2.24. The molecule has 0 saturated carbocycles. The van der Waals surface area contributed by atoms with Crippen molar-refractivity contribution >= 4 is 31.5 Å². The minimum atomic E-state index is -4.11. The summed E-state index contributed by atoms with van der Waals surface area (Å²) in [7, 11) is -2.32. The highest BCUT2D eigenvalue weighted by Crippen LogP contribution is 2.41. The Morgan fingerprint density at radius 2 is 1.86 bits per heavy atom. The number of benzene rings is 1. The number of amides is 1. The van der Waals surface area contributed by atoms with Crippen LogP contribution in [-0.2, 0) is 14.8 Å². The van der Waals surface area contributed by atoms with Crippen LogP contribution in [0.3, 0.4) is 0 Å². The van der Waals surface area contributed by atoms with Gasteiger partial charge in [0.05, 0.1) is 11.2 Å². The van der Waals surface area contributed by atoms with Crippen molar-refractivity contribution < 1.29 is 19.1 Å². The first kappa shape index (κ1) is 24.6. The average molecular weight is 427 g/mol. The van der Waals surface area contributed by atoms with Gasteiger partial charge in [0.1, 0.15) is 5.25 Å². The summed E-state index contributed by atoms with van der Waals surface area (Å²) in [6, 6.07) is 8.54. The van der Waals surface area contributed by atoms with Gasteiger partial charge in [-0.1, -0.05) is 76.2 Å². The molecule has 0 radical (unpaired) electrons. The normalized spacial score (nSPS) is 18.9. The number of unbranched alkanes of at least 4 members (excludes halogenated alkanes) is 1. The van der Waals surface area contributed by atoms with Gasteiger partial charge in [-0.15, -0.1) is 0 Å². The van der Waals surface area contributed by atoms with Crippen molar-refractivity contribution in [3.8, 4) is 0 Å².